The van der Waals surface area contributed by atoms with Crippen molar-refractivity contribution in [3.63, 3.8) is 0 Å². The fraction of sp³-hybridized carbons (Fsp3) is 0.500. The van der Waals surface area contributed by atoms with E-state index in [2.05, 4.69) is 10.5 Å². The van der Waals surface area contributed by atoms with Crippen LogP contribution in [0.15, 0.2) is 16.0 Å². The van der Waals surface area contributed by atoms with Crippen LogP contribution < -0.4 is 5.32 Å². The van der Waals surface area contributed by atoms with E-state index in [0.717, 1.165) is 16.7 Å². The second-order valence-electron chi connectivity index (χ2n) is 4.63. The van der Waals surface area contributed by atoms with Crippen molar-refractivity contribution in [1.82, 2.24) is 10.5 Å². The van der Waals surface area contributed by atoms with Gasteiger partial charge in [-0.05, 0) is 26.3 Å². The Bertz CT molecular complexity index is 596. The van der Waals surface area contributed by atoms with Crippen molar-refractivity contribution in [3.05, 3.63) is 28.5 Å². The molecule has 1 aromatic heterocycles. The van der Waals surface area contributed by atoms with Gasteiger partial charge in [0.1, 0.15) is 5.76 Å². The van der Waals surface area contributed by atoms with E-state index in [1.54, 1.807) is 6.92 Å². The molecule has 2 rings (SSSR count). The molecule has 0 saturated heterocycles. The Balaban J connectivity index is 1.85. The minimum absolute atomic E-state index is 0.0515. The molecule has 19 heavy (non-hydrogen) atoms. The average molecular weight is 284 g/mol. The zero-order chi connectivity index (χ0) is 14.0. The maximum absolute atomic E-state index is 11.7. The molecule has 0 fully saturated rings. The molecule has 0 aromatic carbocycles. The van der Waals surface area contributed by atoms with E-state index in [4.69, 9.17) is 4.52 Å². The number of nitrogens with zero attached hydrogens (tertiary/aromatic N) is 1. The van der Waals surface area contributed by atoms with E-state index < -0.39 is 15.9 Å². The lowest BCUT2D eigenvalue weighted by atomic mass is 10.1. The van der Waals surface area contributed by atoms with Gasteiger partial charge in [0.2, 0.25) is 5.91 Å². The Morgan fingerprint density at radius 1 is 1.53 bits per heavy atom. The van der Waals surface area contributed by atoms with Gasteiger partial charge in [-0.15, -0.1) is 0 Å². The average Bonchev–Trinajstić information content (AvgIpc) is 2.80. The highest BCUT2D eigenvalue weighted by Gasteiger charge is 2.23. The van der Waals surface area contributed by atoms with Gasteiger partial charge < -0.3 is 9.84 Å². The Morgan fingerprint density at radius 2 is 2.26 bits per heavy atom. The summed E-state index contributed by atoms with van der Waals surface area (Å²) in [4.78, 5) is 11.7. The van der Waals surface area contributed by atoms with Crippen LogP contribution in [0.3, 0.4) is 0 Å². The van der Waals surface area contributed by atoms with Gasteiger partial charge in [0.15, 0.2) is 9.84 Å². The first kappa shape index (κ1) is 13.8. The molecule has 1 amide bonds. The molecule has 6 nitrogen and oxygen atoms in total. The van der Waals surface area contributed by atoms with Crippen LogP contribution in [0.5, 0.6) is 0 Å². The summed E-state index contributed by atoms with van der Waals surface area (Å²) in [5.41, 5.74) is 1.72. The third kappa shape index (κ3) is 3.44. The summed E-state index contributed by atoms with van der Waals surface area (Å²) in [5, 5.41) is 7.64. The fourth-order valence-corrected chi connectivity index (χ4v) is 3.28. The number of rotatable bonds is 4. The Labute approximate surface area is 111 Å². The molecule has 0 unspecified atom stereocenters. The van der Waals surface area contributed by atoms with Crippen LogP contribution in [0.2, 0.25) is 0 Å². The number of aryl methyl sites for hydroxylation is 2. The number of hydrogen-bond donors (Lipinski definition) is 1. The monoisotopic (exact) mass is 284 g/mol. The van der Waals surface area contributed by atoms with Crippen LogP contribution in [0.4, 0.5) is 0 Å². The van der Waals surface area contributed by atoms with Crippen molar-refractivity contribution in [2.24, 2.45) is 0 Å². The highest BCUT2D eigenvalue weighted by atomic mass is 32.2. The van der Waals surface area contributed by atoms with Crippen molar-refractivity contribution in [1.29, 1.82) is 0 Å². The minimum Gasteiger partial charge on any atom is -0.361 e. The maximum atomic E-state index is 11.7. The van der Waals surface area contributed by atoms with Crippen LogP contribution >= 0.6 is 0 Å². The predicted molar refractivity (Wildman–Crippen MR) is 69.2 cm³/mol. The number of nitrogens with one attached hydrogen (secondary N) is 1. The first-order valence-electron chi connectivity index (χ1n) is 5.99. The van der Waals surface area contributed by atoms with Crippen LogP contribution in [0.1, 0.15) is 23.4 Å². The molecule has 0 bridgehead atoms. The molecule has 0 saturated carbocycles. The van der Waals surface area contributed by atoms with Gasteiger partial charge in [-0.3, -0.25) is 4.79 Å². The molecular formula is C12H16N2O4S. The van der Waals surface area contributed by atoms with Crippen LogP contribution in [-0.2, 0) is 21.1 Å². The van der Waals surface area contributed by atoms with Gasteiger partial charge in [-0.25, -0.2) is 8.42 Å². The van der Waals surface area contributed by atoms with Crippen molar-refractivity contribution in [2.75, 3.05) is 5.75 Å². The fourth-order valence-electron chi connectivity index (χ4n) is 2.04. The van der Waals surface area contributed by atoms with E-state index in [0.29, 0.717) is 12.2 Å². The Hall–Kier alpha value is -1.63. The van der Waals surface area contributed by atoms with E-state index in [9.17, 15) is 13.2 Å². The van der Waals surface area contributed by atoms with Gasteiger partial charge in [-0.2, -0.15) is 0 Å². The molecular weight excluding hydrogens is 268 g/mol. The normalized spacial score (nSPS) is 20.6. The number of aromatic nitrogens is 1. The highest BCUT2D eigenvalue weighted by molar-refractivity contribution is 7.94. The molecule has 0 aliphatic carbocycles. The molecule has 1 aromatic rings. The van der Waals surface area contributed by atoms with Crippen molar-refractivity contribution >= 4 is 15.7 Å². The number of carbonyl (C=O) groups excluding carboxylic acids is 1. The second-order valence-corrected chi connectivity index (χ2v) is 6.57. The lowest BCUT2D eigenvalue weighted by molar-refractivity contribution is -0.121. The quantitative estimate of drug-likeness (QED) is 0.877. The summed E-state index contributed by atoms with van der Waals surface area (Å²) in [6.45, 7) is 3.63. The highest BCUT2D eigenvalue weighted by Crippen LogP contribution is 2.14. The molecule has 104 valence electrons. The van der Waals surface area contributed by atoms with Gasteiger partial charge in [-0.1, -0.05) is 5.16 Å². The smallest absolute Gasteiger partial charge is 0.220 e. The third-order valence-corrected chi connectivity index (χ3v) is 4.46. The van der Waals surface area contributed by atoms with Gasteiger partial charge in [0.25, 0.3) is 0 Å². The molecule has 0 radical (unpaired) electrons. The minimum atomic E-state index is -3.13. The third-order valence-electron chi connectivity index (χ3n) is 3.06. The number of hydrogen-bond acceptors (Lipinski definition) is 5. The molecule has 1 N–H and O–H groups in total. The first-order valence-corrected chi connectivity index (χ1v) is 7.71. The molecule has 1 atom stereocenters. The topological polar surface area (TPSA) is 89.3 Å². The summed E-state index contributed by atoms with van der Waals surface area (Å²) in [7, 11) is -3.13. The molecule has 1 aliphatic heterocycles. The largest absolute Gasteiger partial charge is 0.361 e. The predicted octanol–water partition coefficient (Wildman–Crippen LogP) is 0.651. The van der Waals surface area contributed by atoms with E-state index in [-0.39, 0.29) is 18.1 Å². The molecule has 2 heterocycles. The van der Waals surface area contributed by atoms with Gasteiger partial charge in [0.05, 0.1) is 17.5 Å². The summed E-state index contributed by atoms with van der Waals surface area (Å²) in [6.07, 6.45) is 2.33. The second kappa shape index (κ2) is 5.16. The number of sulfone groups is 1. The number of carbonyl (C=O) groups is 1. The van der Waals surface area contributed by atoms with Crippen molar-refractivity contribution in [2.45, 2.75) is 32.7 Å². The SMILES string of the molecule is Cc1noc(C)c1CCC(=O)N[C@H]1C=CS(=O)(=O)C1. The van der Waals surface area contributed by atoms with E-state index >= 15 is 0 Å². The van der Waals surface area contributed by atoms with Crippen molar-refractivity contribution in [3.8, 4) is 0 Å². The van der Waals surface area contributed by atoms with Crippen LogP contribution in [0, 0.1) is 13.8 Å². The summed E-state index contributed by atoms with van der Waals surface area (Å²) in [5.74, 6) is 0.491. The standard InChI is InChI=1S/C12H16N2O4S/c1-8-11(9(2)18-14-8)3-4-12(15)13-10-5-6-19(16,17)7-10/h5-6,10H,3-4,7H2,1-2H3,(H,13,15)/t10-/m0/s1. The maximum Gasteiger partial charge on any atom is 0.220 e. The van der Waals surface area contributed by atoms with Crippen LogP contribution in [0.25, 0.3) is 0 Å². The number of amides is 1. The van der Waals surface area contributed by atoms with Gasteiger partial charge >= 0.3 is 0 Å². The van der Waals surface area contributed by atoms with E-state index in [1.165, 1.54) is 6.08 Å². The van der Waals surface area contributed by atoms with Crippen LogP contribution in [-0.4, -0.2) is 31.3 Å². The Morgan fingerprint density at radius 3 is 2.79 bits per heavy atom. The zero-order valence-corrected chi connectivity index (χ0v) is 11.7. The van der Waals surface area contributed by atoms with E-state index in [1.807, 2.05) is 6.92 Å². The summed E-state index contributed by atoms with van der Waals surface area (Å²) >= 11 is 0. The zero-order valence-electron chi connectivity index (χ0n) is 10.8. The molecule has 0 spiro atoms. The molecule has 7 heteroatoms. The summed E-state index contributed by atoms with van der Waals surface area (Å²) in [6, 6.07) is -0.415. The summed E-state index contributed by atoms with van der Waals surface area (Å²) < 4.78 is 27.4. The molecule has 1 aliphatic rings. The Kier molecular flexibility index (Phi) is 3.75. The first-order chi connectivity index (χ1) is 8.87. The lowest BCUT2D eigenvalue weighted by Gasteiger charge is -2.09. The van der Waals surface area contributed by atoms with Crippen molar-refractivity contribution < 1.29 is 17.7 Å². The van der Waals surface area contributed by atoms with Gasteiger partial charge in [0, 0.05) is 17.4 Å². The lowest BCUT2D eigenvalue weighted by Crippen LogP contribution is -2.35.